The fraction of sp³-hybridized carbons (Fsp3) is 0.389. The second-order valence-corrected chi connectivity index (χ2v) is 5.80. The van der Waals surface area contributed by atoms with Gasteiger partial charge in [0, 0.05) is 28.5 Å². The van der Waals surface area contributed by atoms with Crippen LogP contribution in [0.3, 0.4) is 0 Å². The molecule has 0 aliphatic carbocycles. The predicted octanol–water partition coefficient (Wildman–Crippen LogP) is 3.85. The van der Waals surface area contributed by atoms with Crippen LogP contribution >= 0.6 is 0 Å². The van der Waals surface area contributed by atoms with Crippen molar-refractivity contribution in [3.8, 4) is 0 Å². The molecule has 3 heteroatoms. The van der Waals surface area contributed by atoms with Gasteiger partial charge in [0.2, 0.25) is 0 Å². The Hall–Kier alpha value is -1.87. The third-order valence-electron chi connectivity index (χ3n) is 4.40. The number of fused-ring (bicyclic) bond motifs is 3. The van der Waals surface area contributed by atoms with Crippen molar-refractivity contribution in [1.82, 2.24) is 9.55 Å². The highest BCUT2D eigenvalue weighted by molar-refractivity contribution is 6.10. The highest BCUT2D eigenvalue weighted by Gasteiger charge is 2.16. The first-order chi connectivity index (χ1) is 10.1. The zero-order valence-corrected chi connectivity index (χ0v) is 13.1. The minimum atomic E-state index is 0.756. The number of rotatable bonds is 4. The van der Waals surface area contributed by atoms with Crippen molar-refractivity contribution in [2.45, 2.75) is 40.2 Å². The van der Waals surface area contributed by atoms with Gasteiger partial charge in [-0.2, -0.15) is 0 Å². The Labute approximate surface area is 125 Å². The average molecular weight is 281 g/mol. The Balaban J connectivity index is 2.35. The summed E-state index contributed by atoms with van der Waals surface area (Å²) in [6, 6.07) is 8.68. The summed E-state index contributed by atoms with van der Waals surface area (Å²) in [6.45, 7) is 8.16. The van der Waals surface area contributed by atoms with Gasteiger partial charge in [-0.3, -0.25) is 4.98 Å². The van der Waals surface area contributed by atoms with E-state index >= 15 is 0 Å². The molecule has 0 amide bonds. The molecule has 0 saturated heterocycles. The largest absolute Gasteiger partial charge is 0.339 e. The molecule has 0 radical (unpaired) electrons. The lowest BCUT2D eigenvalue weighted by Gasteiger charge is -2.10. The van der Waals surface area contributed by atoms with E-state index in [2.05, 4.69) is 49.6 Å². The summed E-state index contributed by atoms with van der Waals surface area (Å²) in [5.74, 6) is 0. The molecular weight excluding hydrogens is 258 g/mol. The fourth-order valence-corrected chi connectivity index (χ4v) is 3.27. The highest BCUT2D eigenvalue weighted by Crippen LogP contribution is 2.33. The van der Waals surface area contributed by atoms with Crippen molar-refractivity contribution < 1.29 is 0 Å². The van der Waals surface area contributed by atoms with Crippen molar-refractivity contribution in [1.29, 1.82) is 0 Å². The molecule has 1 aromatic carbocycles. The number of nitrogens with zero attached hydrogens (tertiary/aromatic N) is 2. The maximum absolute atomic E-state index is 5.65. The molecule has 0 aliphatic rings. The normalized spacial score (nSPS) is 11.6. The van der Waals surface area contributed by atoms with Gasteiger partial charge in [-0.15, -0.1) is 0 Å². The van der Waals surface area contributed by atoms with E-state index in [4.69, 9.17) is 10.7 Å². The van der Waals surface area contributed by atoms with Gasteiger partial charge >= 0.3 is 0 Å². The number of benzene rings is 1. The van der Waals surface area contributed by atoms with E-state index in [9.17, 15) is 0 Å². The first kappa shape index (κ1) is 14.1. The van der Waals surface area contributed by atoms with Gasteiger partial charge in [0.05, 0.1) is 11.2 Å². The van der Waals surface area contributed by atoms with E-state index in [0.717, 1.165) is 37.3 Å². The summed E-state index contributed by atoms with van der Waals surface area (Å²) in [5, 5.41) is 2.70. The predicted molar refractivity (Wildman–Crippen MR) is 89.7 cm³/mol. The molecule has 2 N–H and O–H groups in total. The number of unbranched alkanes of at least 4 members (excludes halogenated alkanes) is 1. The molecule has 110 valence electrons. The van der Waals surface area contributed by atoms with Crippen LogP contribution in [-0.2, 0) is 6.54 Å². The molecular formula is C18H23N3. The van der Waals surface area contributed by atoms with E-state index in [0.29, 0.717) is 0 Å². The Morgan fingerprint density at radius 3 is 2.57 bits per heavy atom. The number of nitrogens with two attached hydrogens (primary N) is 1. The van der Waals surface area contributed by atoms with E-state index in [1.165, 1.54) is 27.4 Å². The third kappa shape index (κ3) is 2.22. The number of hydrogen-bond donors (Lipinski definition) is 1. The smallest absolute Gasteiger partial charge is 0.0710 e. The summed E-state index contributed by atoms with van der Waals surface area (Å²) in [5.41, 5.74) is 11.8. The van der Waals surface area contributed by atoms with Gasteiger partial charge < -0.3 is 10.3 Å². The lowest BCUT2D eigenvalue weighted by atomic mass is 10.1. The summed E-state index contributed by atoms with van der Waals surface area (Å²) < 4.78 is 2.43. The van der Waals surface area contributed by atoms with Crippen LogP contribution in [0.15, 0.2) is 24.3 Å². The topological polar surface area (TPSA) is 43.8 Å². The van der Waals surface area contributed by atoms with Gasteiger partial charge in [-0.1, -0.05) is 18.2 Å². The molecule has 0 fully saturated rings. The van der Waals surface area contributed by atoms with E-state index < -0.39 is 0 Å². The minimum absolute atomic E-state index is 0.756. The average Bonchev–Trinajstić information content (AvgIpc) is 2.81. The fourth-order valence-electron chi connectivity index (χ4n) is 3.27. The zero-order valence-electron chi connectivity index (χ0n) is 13.1. The molecule has 3 aromatic rings. The zero-order chi connectivity index (χ0) is 15.0. The first-order valence-corrected chi connectivity index (χ1v) is 7.70. The molecule has 0 saturated carbocycles. The standard InChI is InChI=1S/C18H23N3/c1-12-13(2)20-14(3)18-17(12)15-8-4-5-9-16(15)21(18)11-7-6-10-19/h4-5,8-9H,6-7,10-11,19H2,1-3H3. The van der Waals surface area contributed by atoms with E-state index in [1.54, 1.807) is 0 Å². The molecule has 2 aromatic heterocycles. The molecule has 21 heavy (non-hydrogen) atoms. The lowest BCUT2D eigenvalue weighted by Crippen LogP contribution is -2.04. The summed E-state index contributed by atoms with van der Waals surface area (Å²) in [6.07, 6.45) is 2.17. The summed E-state index contributed by atoms with van der Waals surface area (Å²) in [7, 11) is 0. The number of hydrogen-bond acceptors (Lipinski definition) is 2. The minimum Gasteiger partial charge on any atom is -0.339 e. The van der Waals surface area contributed by atoms with Gasteiger partial charge in [0.25, 0.3) is 0 Å². The van der Waals surface area contributed by atoms with Gasteiger partial charge in [0.15, 0.2) is 0 Å². The molecule has 0 bridgehead atoms. The molecule has 2 heterocycles. The third-order valence-corrected chi connectivity index (χ3v) is 4.40. The van der Waals surface area contributed by atoms with Crippen LogP contribution in [0.4, 0.5) is 0 Å². The van der Waals surface area contributed by atoms with Crippen molar-refractivity contribution in [3.05, 3.63) is 41.2 Å². The van der Waals surface area contributed by atoms with E-state index in [-0.39, 0.29) is 0 Å². The maximum atomic E-state index is 5.65. The Bertz CT molecular complexity index is 799. The van der Waals surface area contributed by atoms with Gasteiger partial charge in [-0.05, 0) is 51.8 Å². The molecule has 3 nitrogen and oxygen atoms in total. The number of aromatic nitrogens is 2. The van der Waals surface area contributed by atoms with Crippen molar-refractivity contribution >= 4 is 21.8 Å². The van der Waals surface area contributed by atoms with Crippen LogP contribution in [0, 0.1) is 20.8 Å². The van der Waals surface area contributed by atoms with E-state index in [1.807, 2.05) is 0 Å². The second kappa shape index (κ2) is 5.49. The van der Waals surface area contributed by atoms with Crippen LogP contribution in [-0.4, -0.2) is 16.1 Å². The molecule has 0 spiro atoms. The summed E-state index contributed by atoms with van der Waals surface area (Å²) >= 11 is 0. The summed E-state index contributed by atoms with van der Waals surface area (Å²) in [4.78, 5) is 4.74. The van der Waals surface area contributed by atoms with Crippen molar-refractivity contribution in [2.75, 3.05) is 6.54 Å². The molecule has 0 atom stereocenters. The molecule has 0 aliphatic heterocycles. The van der Waals surface area contributed by atoms with Crippen molar-refractivity contribution in [3.63, 3.8) is 0 Å². The van der Waals surface area contributed by atoms with Crippen LogP contribution in [0.5, 0.6) is 0 Å². The van der Waals surface area contributed by atoms with Gasteiger partial charge in [-0.25, -0.2) is 0 Å². The highest BCUT2D eigenvalue weighted by atomic mass is 15.0. The van der Waals surface area contributed by atoms with Crippen LogP contribution < -0.4 is 5.73 Å². The van der Waals surface area contributed by atoms with Crippen LogP contribution in [0.1, 0.15) is 29.8 Å². The van der Waals surface area contributed by atoms with Crippen LogP contribution in [0.2, 0.25) is 0 Å². The number of aryl methyl sites for hydroxylation is 4. The monoisotopic (exact) mass is 281 g/mol. The lowest BCUT2D eigenvalue weighted by molar-refractivity contribution is 0.641. The van der Waals surface area contributed by atoms with Crippen LogP contribution in [0.25, 0.3) is 21.8 Å². The van der Waals surface area contributed by atoms with Crippen molar-refractivity contribution in [2.24, 2.45) is 5.73 Å². The number of para-hydroxylation sites is 1. The molecule has 3 rings (SSSR count). The maximum Gasteiger partial charge on any atom is 0.0710 e. The van der Waals surface area contributed by atoms with Gasteiger partial charge in [0.1, 0.15) is 0 Å². The molecule has 0 unspecified atom stereocenters. The Morgan fingerprint density at radius 1 is 1.05 bits per heavy atom. The second-order valence-electron chi connectivity index (χ2n) is 5.80. The Kier molecular flexibility index (Phi) is 3.68. The quantitative estimate of drug-likeness (QED) is 0.738. The SMILES string of the molecule is Cc1nc(C)c2c(c1C)c1ccccc1n2CCCCN. The number of pyridine rings is 1. The first-order valence-electron chi connectivity index (χ1n) is 7.70. The Morgan fingerprint density at radius 2 is 1.81 bits per heavy atom.